The van der Waals surface area contributed by atoms with E-state index in [1.54, 1.807) is 17.0 Å². The summed E-state index contributed by atoms with van der Waals surface area (Å²) in [6, 6.07) is 13.9. The van der Waals surface area contributed by atoms with Gasteiger partial charge in [0.2, 0.25) is 0 Å². The summed E-state index contributed by atoms with van der Waals surface area (Å²) in [6.07, 6.45) is 1.69. The lowest BCUT2D eigenvalue weighted by molar-refractivity contribution is 0.0694. The monoisotopic (exact) mass is 394 g/mol. The van der Waals surface area contributed by atoms with Crippen molar-refractivity contribution >= 4 is 23.1 Å². The Hall–Kier alpha value is -2.89. The van der Waals surface area contributed by atoms with Crippen molar-refractivity contribution in [1.29, 1.82) is 0 Å². The Bertz CT molecular complexity index is 965. The highest BCUT2D eigenvalue weighted by atomic mass is 19.1. The van der Waals surface area contributed by atoms with Crippen LogP contribution in [0.1, 0.15) is 44.0 Å². The third kappa shape index (κ3) is 3.97. The minimum atomic E-state index is -0.497. The predicted molar refractivity (Wildman–Crippen MR) is 115 cm³/mol. The smallest absolute Gasteiger partial charge is 0.254 e. The number of halogens is 1. The zero-order valence-corrected chi connectivity index (χ0v) is 17.1. The number of fused-ring (bicyclic) bond motifs is 1. The van der Waals surface area contributed by atoms with Gasteiger partial charge in [0, 0.05) is 12.1 Å². The maximum Gasteiger partial charge on any atom is 0.254 e. The molecule has 1 spiro atoms. The van der Waals surface area contributed by atoms with Gasteiger partial charge < -0.3 is 15.5 Å². The summed E-state index contributed by atoms with van der Waals surface area (Å²) in [4.78, 5) is 19.9. The molecule has 0 saturated carbocycles. The van der Waals surface area contributed by atoms with Gasteiger partial charge in [-0.3, -0.25) is 9.79 Å². The molecule has 2 aliphatic heterocycles. The van der Waals surface area contributed by atoms with E-state index < -0.39 is 11.4 Å². The van der Waals surface area contributed by atoms with E-state index in [2.05, 4.69) is 31.4 Å². The summed E-state index contributed by atoms with van der Waals surface area (Å²) in [5, 5.41) is 7.18. The van der Waals surface area contributed by atoms with Crippen molar-refractivity contribution in [1.82, 2.24) is 4.90 Å². The largest absolute Gasteiger partial charge is 0.370 e. The van der Waals surface area contributed by atoms with E-state index in [-0.39, 0.29) is 11.4 Å². The molecule has 0 radical (unpaired) electrons. The number of amides is 1. The molecule has 2 heterocycles. The number of hydrogen-bond acceptors (Lipinski definition) is 3. The number of amidine groups is 1. The number of likely N-dealkylation sites (tertiary alicyclic amines) is 1. The molecule has 0 aliphatic carbocycles. The van der Waals surface area contributed by atoms with Crippen LogP contribution < -0.4 is 10.6 Å². The number of carbonyl (C=O) groups excluding carboxylic acids is 1. The lowest BCUT2D eigenvalue weighted by atomic mass is 9.84. The first-order valence-corrected chi connectivity index (χ1v) is 10.1. The molecule has 1 atom stereocenters. The van der Waals surface area contributed by atoms with Crippen LogP contribution in [0.4, 0.5) is 15.8 Å². The van der Waals surface area contributed by atoms with E-state index in [0.29, 0.717) is 18.7 Å². The zero-order chi connectivity index (χ0) is 20.6. The second kappa shape index (κ2) is 7.17. The summed E-state index contributed by atoms with van der Waals surface area (Å²) in [6.45, 7) is 7.30. The van der Waals surface area contributed by atoms with Crippen molar-refractivity contribution in [3.63, 3.8) is 0 Å². The van der Waals surface area contributed by atoms with Crippen LogP contribution in [0.25, 0.3) is 0 Å². The molecule has 2 aromatic rings. The Morgan fingerprint density at radius 1 is 1.14 bits per heavy atom. The number of benzene rings is 2. The van der Waals surface area contributed by atoms with Crippen LogP contribution >= 0.6 is 0 Å². The van der Waals surface area contributed by atoms with Gasteiger partial charge in [-0.25, -0.2) is 4.39 Å². The van der Waals surface area contributed by atoms with Crippen molar-refractivity contribution in [2.24, 2.45) is 4.99 Å². The fourth-order valence-electron chi connectivity index (χ4n) is 4.06. The van der Waals surface area contributed by atoms with Crippen LogP contribution in [0, 0.1) is 5.82 Å². The first-order valence-electron chi connectivity index (χ1n) is 10.1. The SMILES string of the molecule is CC(C)(C)N=C1Nc2ccccc2NC12CCCN(C(=O)c1cccc(F)c1)C2. The van der Waals surface area contributed by atoms with E-state index >= 15 is 0 Å². The number of aliphatic imine (C=N–C) groups is 1. The summed E-state index contributed by atoms with van der Waals surface area (Å²) < 4.78 is 13.6. The van der Waals surface area contributed by atoms with E-state index in [1.165, 1.54) is 12.1 Å². The first kappa shape index (κ1) is 19.4. The second-order valence-corrected chi connectivity index (χ2v) is 8.85. The van der Waals surface area contributed by atoms with Crippen LogP contribution in [0.15, 0.2) is 53.5 Å². The third-order valence-corrected chi connectivity index (χ3v) is 5.31. The normalized spacial score (nSPS) is 22.8. The minimum Gasteiger partial charge on any atom is -0.370 e. The summed E-state index contributed by atoms with van der Waals surface area (Å²) in [5.74, 6) is 0.295. The summed E-state index contributed by atoms with van der Waals surface area (Å²) in [5.41, 5.74) is 1.59. The topological polar surface area (TPSA) is 56.7 Å². The van der Waals surface area contributed by atoms with Crippen LogP contribution in [0.3, 0.4) is 0 Å². The van der Waals surface area contributed by atoms with Gasteiger partial charge in [0.05, 0.1) is 23.5 Å². The molecular formula is C23H27FN4O. The Balaban J connectivity index is 1.70. The molecule has 0 aromatic heterocycles. The van der Waals surface area contributed by atoms with Crippen molar-refractivity contribution < 1.29 is 9.18 Å². The van der Waals surface area contributed by atoms with Gasteiger partial charge in [-0.05, 0) is 63.9 Å². The van der Waals surface area contributed by atoms with Crippen LogP contribution in [0.5, 0.6) is 0 Å². The van der Waals surface area contributed by atoms with Crippen LogP contribution in [-0.2, 0) is 0 Å². The fraction of sp³-hybridized carbons (Fsp3) is 0.391. The molecule has 29 heavy (non-hydrogen) atoms. The van der Waals surface area contributed by atoms with E-state index in [9.17, 15) is 9.18 Å². The van der Waals surface area contributed by atoms with Crippen LogP contribution in [0.2, 0.25) is 0 Å². The van der Waals surface area contributed by atoms with Gasteiger partial charge in [-0.1, -0.05) is 18.2 Å². The Labute approximate surface area is 171 Å². The van der Waals surface area contributed by atoms with Crippen molar-refractivity contribution in [2.75, 3.05) is 23.7 Å². The molecule has 1 amide bonds. The molecule has 152 valence electrons. The fourth-order valence-corrected chi connectivity index (χ4v) is 4.06. The quantitative estimate of drug-likeness (QED) is 0.747. The Morgan fingerprint density at radius 2 is 1.90 bits per heavy atom. The van der Waals surface area contributed by atoms with Crippen molar-refractivity contribution in [2.45, 2.75) is 44.7 Å². The maximum atomic E-state index is 13.6. The lowest BCUT2D eigenvalue weighted by Crippen LogP contribution is -2.63. The van der Waals surface area contributed by atoms with Gasteiger partial charge >= 0.3 is 0 Å². The number of hydrogen-bond donors (Lipinski definition) is 2. The average Bonchev–Trinajstić information content (AvgIpc) is 2.67. The molecule has 1 unspecified atom stereocenters. The third-order valence-electron chi connectivity index (χ3n) is 5.31. The van der Waals surface area contributed by atoms with Gasteiger partial charge in [0.25, 0.3) is 5.91 Å². The highest BCUT2D eigenvalue weighted by Crippen LogP contribution is 2.37. The average molecular weight is 394 g/mol. The lowest BCUT2D eigenvalue weighted by Gasteiger charge is -2.47. The number of nitrogens with one attached hydrogen (secondary N) is 2. The molecule has 0 bridgehead atoms. The highest BCUT2D eigenvalue weighted by Gasteiger charge is 2.45. The van der Waals surface area contributed by atoms with Gasteiger partial charge in [-0.2, -0.15) is 0 Å². The second-order valence-electron chi connectivity index (χ2n) is 8.85. The molecule has 5 nitrogen and oxygen atoms in total. The van der Waals surface area contributed by atoms with Gasteiger partial charge in [0.1, 0.15) is 17.2 Å². The number of carbonyl (C=O) groups is 1. The summed E-state index contributed by atoms with van der Waals surface area (Å²) >= 11 is 0. The molecule has 1 fully saturated rings. The number of para-hydroxylation sites is 2. The standard InChI is InChI=1S/C23H27FN4O/c1-22(2,3)27-21-23(26-19-11-5-4-10-18(19)25-21)12-7-13-28(15-23)20(29)16-8-6-9-17(24)14-16/h4-6,8-11,14,26H,7,12-13,15H2,1-3H3,(H,25,27). The van der Waals surface area contributed by atoms with Crippen molar-refractivity contribution in [3.8, 4) is 0 Å². The Kier molecular flexibility index (Phi) is 4.81. The first-order chi connectivity index (χ1) is 13.8. The summed E-state index contributed by atoms with van der Waals surface area (Å²) in [7, 11) is 0. The zero-order valence-electron chi connectivity index (χ0n) is 17.1. The Morgan fingerprint density at radius 3 is 2.62 bits per heavy atom. The van der Waals surface area contributed by atoms with Crippen LogP contribution in [-0.4, -0.2) is 40.8 Å². The molecule has 2 aromatic carbocycles. The van der Waals surface area contributed by atoms with E-state index in [0.717, 1.165) is 30.1 Å². The number of rotatable bonds is 1. The van der Waals surface area contributed by atoms with Crippen molar-refractivity contribution in [3.05, 3.63) is 59.9 Å². The van der Waals surface area contributed by atoms with Gasteiger partial charge in [0.15, 0.2) is 0 Å². The molecule has 4 rings (SSSR count). The van der Waals surface area contributed by atoms with E-state index in [1.807, 2.05) is 24.3 Å². The highest BCUT2D eigenvalue weighted by molar-refractivity contribution is 6.10. The number of piperidine rings is 1. The number of nitrogens with zero attached hydrogens (tertiary/aromatic N) is 2. The van der Waals surface area contributed by atoms with E-state index in [4.69, 9.17) is 4.99 Å². The molecular weight excluding hydrogens is 367 g/mol. The maximum absolute atomic E-state index is 13.6. The molecule has 2 N–H and O–H groups in total. The number of anilines is 2. The predicted octanol–water partition coefficient (Wildman–Crippen LogP) is 4.54. The minimum absolute atomic E-state index is 0.153. The van der Waals surface area contributed by atoms with Gasteiger partial charge in [-0.15, -0.1) is 0 Å². The molecule has 2 aliphatic rings. The molecule has 1 saturated heterocycles. The molecule has 6 heteroatoms.